The molecule has 1 atom stereocenters. The van der Waals surface area contributed by atoms with Crippen LogP contribution in [-0.2, 0) is 4.79 Å². The van der Waals surface area contributed by atoms with Gasteiger partial charge in [0.15, 0.2) is 0 Å². The SMILES string of the molecule is O=C(O)C(COc1ccc(Cl)cc1)c1cccc(Cl)c1. The van der Waals surface area contributed by atoms with Gasteiger partial charge in [-0.05, 0) is 42.0 Å². The van der Waals surface area contributed by atoms with Crippen molar-refractivity contribution in [1.29, 1.82) is 0 Å². The lowest BCUT2D eigenvalue weighted by Gasteiger charge is -2.14. The van der Waals surface area contributed by atoms with E-state index in [9.17, 15) is 9.90 Å². The van der Waals surface area contributed by atoms with Crippen molar-refractivity contribution >= 4 is 29.2 Å². The van der Waals surface area contributed by atoms with Crippen LogP contribution >= 0.6 is 23.2 Å². The first kappa shape index (κ1) is 14.7. The van der Waals surface area contributed by atoms with E-state index in [1.165, 1.54) is 0 Å². The fourth-order valence-electron chi connectivity index (χ4n) is 1.74. The highest BCUT2D eigenvalue weighted by atomic mass is 35.5. The Morgan fingerprint density at radius 2 is 1.80 bits per heavy atom. The molecule has 0 aliphatic heterocycles. The summed E-state index contributed by atoms with van der Waals surface area (Å²) in [6.07, 6.45) is 0. The molecule has 0 saturated heterocycles. The molecule has 5 heteroatoms. The van der Waals surface area contributed by atoms with Crippen molar-refractivity contribution in [3.8, 4) is 5.75 Å². The molecule has 0 saturated carbocycles. The molecule has 0 spiro atoms. The van der Waals surface area contributed by atoms with Crippen molar-refractivity contribution in [1.82, 2.24) is 0 Å². The zero-order chi connectivity index (χ0) is 14.5. The topological polar surface area (TPSA) is 46.5 Å². The van der Waals surface area contributed by atoms with E-state index in [0.29, 0.717) is 21.4 Å². The largest absolute Gasteiger partial charge is 0.492 e. The summed E-state index contributed by atoms with van der Waals surface area (Å²) in [6.45, 7) is 0.0251. The molecule has 0 aliphatic rings. The Balaban J connectivity index is 2.10. The van der Waals surface area contributed by atoms with Gasteiger partial charge in [0.05, 0.1) is 0 Å². The van der Waals surface area contributed by atoms with E-state index < -0.39 is 11.9 Å². The van der Waals surface area contributed by atoms with Crippen molar-refractivity contribution in [2.75, 3.05) is 6.61 Å². The zero-order valence-electron chi connectivity index (χ0n) is 10.4. The molecule has 2 rings (SSSR count). The van der Waals surface area contributed by atoms with Crippen molar-refractivity contribution < 1.29 is 14.6 Å². The van der Waals surface area contributed by atoms with Gasteiger partial charge < -0.3 is 9.84 Å². The highest BCUT2D eigenvalue weighted by Crippen LogP contribution is 2.22. The lowest BCUT2D eigenvalue weighted by Crippen LogP contribution is -2.19. The molecular formula is C15H12Cl2O3. The summed E-state index contributed by atoms with van der Waals surface area (Å²) in [5.41, 5.74) is 0.610. The van der Waals surface area contributed by atoms with E-state index >= 15 is 0 Å². The van der Waals surface area contributed by atoms with Crippen LogP contribution < -0.4 is 4.74 Å². The van der Waals surface area contributed by atoms with Gasteiger partial charge in [-0.1, -0.05) is 35.3 Å². The molecular weight excluding hydrogens is 299 g/mol. The maximum absolute atomic E-state index is 11.3. The minimum Gasteiger partial charge on any atom is -0.492 e. The predicted octanol–water partition coefficient (Wildman–Crippen LogP) is 4.24. The molecule has 0 heterocycles. The average molecular weight is 311 g/mol. The molecule has 0 amide bonds. The quantitative estimate of drug-likeness (QED) is 0.898. The van der Waals surface area contributed by atoms with Crippen LogP contribution in [0, 0.1) is 0 Å². The summed E-state index contributed by atoms with van der Waals surface area (Å²) in [7, 11) is 0. The van der Waals surface area contributed by atoms with Crippen LogP contribution in [0.25, 0.3) is 0 Å². The first-order valence-corrected chi connectivity index (χ1v) is 6.68. The maximum atomic E-state index is 11.3. The van der Waals surface area contributed by atoms with E-state index in [-0.39, 0.29) is 6.61 Å². The van der Waals surface area contributed by atoms with E-state index in [1.54, 1.807) is 48.5 Å². The summed E-state index contributed by atoms with van der Waals surface area (Å²) in [4.78, 5) is 11.3. The molecule has 0 aromatic heterocycles. The Hall–Kier alpha value is -1.71. The summed E-state index contributed by atoms with van der Waals surface area (Å²) in [5.74, 6) is -1.16. The van der Waals surface area contributed by atoms with Crippen LogP contribution in [0.2, 0.25) is 10.0 Å². The van der Waals surface area contributed by atoms with Crippen LogP contribution in [0.15, 0.2) is 48.5 Å². The number of aliphatic carboxylic acids is 1. The third-order valence-corrected chi connectivity index (χ3v) is 3.27. The lowest BCUT2D eigenvalue weighted by molar-refractivity contribution is -0.139. The molecule has 104 valence electrons. The number of carbonyl (C=O) groups is 1. The van der Waals surface area contributed by atoms with Crippen LogP contribution in [0.4, 0.5) is 0 Å². The second kappa shape index (κ2) is 6.64. The number of hydrogen-bond acceptors (Lipinski definition) is 2. The average Bonchev–Trinajstić information content (AvgIpc) is 2.41. The minimum absolute atomic E-state index is 0.0251. The summed E-state index contributed by atoms with van der Waals surface area (Å²) in [5, 5.41) is 10.4. The van der Waals surface area contributed by atoms with Gasteiger partial charge in [0.1, 0.15) is 18.3 Å². The van der Waals surface area contributed by atoms with Crippen LogP contribution in [0.3, 0.4) is 0 Å². The third-order valence-electron chi connectivity index (χ3n) is 2.78. The Morgan fingerprint density at radius 3 is 2.40 bits per heavy atom. The molecule has 1 N–H and O–H groups in total. The fraction of sp³-hybridized carbons (Fsp3) is 0.133. The van der Waals surface area contributed by atoms with Gasteiger partial charge in [0, 0.05) is 10.0 Å². The fourth-order valence-corrected chi connectivity index (χ4v) is 2.07. The van der Waals surface area contributed by atoms with Crippen LogP contribution in [0.1, 0.15) is 11.5 Å². The van der Waals surface area contributed by atoms with Crippen LogP contribution in [0.5, 0.6) is 5.75 Å². The number of rotatable bonds is 5. The molecule has 2 aromatic rings. The predicted molar refractivity (Wildman–Crippen MR) is 78.8 cm³/mol. The molecule has 2 aromatic carbocycles. The molecule has 0 fully saturated rings. The second-order valence-electron chi connectivity index (χ2n) is 4.21. The van der Waals surface area contributed by atoms with Gasteiger partial charge in [0.25, 0.3) is 0 Å². The van der Waals surface area contributed by atoms with Gasteiger partial charge in [-0.15, -0.1) is 0 Å². The Bertz CT molecular complexity index is 596. The molecule has 3 nitrogen and oxygen atoms in total. The van der Waals surface area contributed by atoms with Crippen LogP contribution in [-0.4, -0.2) is 17.7 Å². The van der Waals surface area contributed by atoms with E-state index in [0.717, 1.165) is 0 Å². The number of carboxylic acid groups (broad SMARTS) is 1. The highest BCUT2D eigenvalue weighted by molar-refractivity contribution is 6.30. The standard InChI is InChI=1S/C15H12Cl2O3/c16-11-4-6-13(7-5-11)20-9-14(15(18)19)10-2-1-3-12(17)8-10/h1-8,14H,9H2,(H,18,19). The number of carboxylic acids is 1. The number of benzene rings is 2. The highest BCUT2D eigenvalue weighted by Gasteiger charge is 2.21. The van der Waals surface area contributed by atoms with Gasteiger partial charge in [-0.3, -0.25) is 4.79 Å². The first-order valence-electron chi connectivity index (χ1n) is 5.93. The van der Waals surface area contributed by atoms with Crippen molar-refractivity contribution in [2.45, 2.75) is 5.92 Å². The number of ether oxygens (including phenoxy) is 1. The Labute approximate surface area is 126 Å². The Kier molecular flexibility index (Phi) is 4.88. The van der Waals surface area contributed by atoms with Gasteiger partial charge in [0.2, 0.25) is 0 Å². The smallest absolute Gasteiger partial charge is 0.314 e. The van der Waals surface area contributed by atoms with E-state index in [4.69, 9.17) is 27.9 Å². The summed E-state index contributed by atoms with van der Waals surface area (Å²) < 4.78 is 5.50. The number of halogens is 2. The van der Waals surface area contributed by atoms with E-state index in [1.807, 2.05) is 0 Å². The molecule has 1 unspecified atom stereocenters. The molecule has 0 bridgehead atoms. The first-order chi connectivity index (χ1) is 9.56. The second-order valence-corrected chi connectivity index (χ2v) is 5.08. The monoisotopic (exact) mass is 310 g/mol. The zero-order valence-corrected chi connectivity index (χ0v) is 11.9. The lowest BCUT2D eigenvalue weighted by atomic mass is 10.0. The third kappa shape index (κ3) is 3.89. The van der Waals surface area contributed by atoms with Gasteiger partial charge >= 0.3 is 5.97 Å². The molecule has 0 radical (unpaired) electrons. The van der Waals surface area contributed by atoms with Crippen molar-refractivity contribution in [3.63, 3.8) is 0 Å². The van der Waals surface area contributed by atoms with E-state index in [2.05, 4.69) is 0 Å². The number of hydrogen-bond donors (Lipinski definition) is 1. The van der Waals surface area contributed by atoms with Crippen molar-refractivity contribution in [2.24, 2.45) is 0 Å². The van der Waals surface area contributed by atoms with Crippen molar-refractivity contribution in [3.05, 3.63) is 64.1 Å². The minimum atomic E-state index is -0.957. The summed E-state index contributed by atoms with van der Waals surface area (Å²) in [6, 6.07) is 13.5. The van der Waals surface area contributed by atoms with Gasteiger partial charge in [-0.2, -0.15) is 0 Å². The molecule has 0 aliphatic carbocycles. The summed E-state index contributed by atoms with van der Waals surface area (Å²) >= 11 is 11.7. The maximum Gasteiger partial charge on any atom is 0.314 e. The molecule has 20 heavy (non-hydrogen) atoms. The van der Waals surface area contributed by atoms with Gasteiger partial charge in [-0.25, -0.2) is 0 Å². The normalized spacial score (nSPS) is 11.9. The Morgan fingerprint density at radius 1 is 1.10 bits per heavy atom.